The van der Waals surface area contributed by atoms with Crippen molar-refractivity contribution in [3.8, 4) is 0 Å². The van der Waals surface area contributed by atoms with Crippen molar-refractivity contribution < 1.29 is 12.9 Å². The zero-order valence-corrected chi connectivity index (χ0v) is 16.9. The van der Waals surface area contributed by atoms with Gasteiger partial charge in [-0.15, -0.1) is 0 Å². The Bertz CT molecular complexity index is 682. The molecule has 2 aliphatic carbocycles. The molecule has 0 radical (unpaired) electrons. The molecule has 0 amide bonds. The molecular formula is C18H32N4O3S. The molecule has 2 saturated carbocycles. The summed E-state index contributed by atoms with van der Waals surface area (Å²) >= 11 is 0. The molecule has 2 aliphatic rings. The zero-order valence-electron chi connectivity index (χ0n) is 16.1. The molecule has 0 aliphatic heterocycles. The summed E-state index contributed by atoms with van der Waals surface area (Å²) in [7, 11) is -3.26. The molecule has 0 atom stereocenters. The summed E-state index contributed by atoms with van der Waals surface area (Å²) in [4.78, 5) is 4.52. The van der Waals surface area contributed by atoms with Crippen LogP contribution in [0.2, 0.25) is 0 Å². The Hall–Kier alpha value is -1.15. The third-order valence-corrected chi connectivity index (χ3v) is 7.86. The van der Waals surface area contributed by atoms with E-state index in [2.05, 4.69) is 20.2 Å². The quantitative estimate of drug-likeness (QED) is 0.780. The number of rotatable bonds is 6. The van der Waals surface area contributed by atoms with Gasteiger partial charge in [0.05, 0.1) is 4.75 Å². The molecular weight excluding hydrogens is 352 g/mol. The molecule has 2 fully saturated rings. The van der Waals surface area contributed by atoms with Gasteiger partial charge in [-0.1, -0.05) is 18.0 Å². The second-order valence-corrected chi connectivity index (χ2v) is 11.3. The van der Waals surface area contributed by atoms with Crippen LogP contribution in [-0.4, -0.2) is 35.9 Å². The zero-order chi connectivity index (χ0) is 18.8. The van der Waals surface area contributed by atoms with Crippen molar-refractivity contribution in [2.24, 2.45) is 5.92 Å². The van der Waals surface area contributed by atoms with Gasteiger partial charge in [-0.2, -0.15) is 4.98 Å². The van der Waals surface area contributed by atoms with Crippen LogP contribution in [0, 0.1) is 5.92 Å². The third-order valence-electron chi connectivity index (χ3n) is 5.70. The molecule has 26 heavy (non-hydrogen) atoms. The predicted octanol–water partition coefficient (Wildman–Crippen LogP) is 3.42. The number of nitrogens with zero attached hydrogens (tertiary/aromatic N) is 2. The first-order valence-corrected chi connectivity index (χ1v) is 11.3. The largest absolute Gasteiger partial charge is 0.335 e. The van der Waals surface area contributed by atoms with Crippen molar-refractivity contribution >= 4 is 16.0 Å². The number of hydrogen-bond donors (Lipinski definition) is 2. The van der Waals surface area contributed by atoms with E-state index in [0.29, 0.717) is 30.4 Å². The Balaban J connectivity index is 1.43. The van der Waals surface area contributed by atoms with Gasteiger partial charge < -0.3 is 9.84 Å². The van der Waals surface area contributed by atoms with Gasteiger partial charge in [-0.3, -0.25) is 0 Å². The van der Waals surface area contributed by atoms with Crippen molar-refractivity contribution in [2.45, 2.75) is 88.8 Å². The number of sulfonamides is 1. The first kappa shape index (κ1) is 19.6. The molecule has 148 valence electrons. The molecule has 2 N–H and O–H groups in total. The van der Waals surface area contributed by atoms with E-state index in [0.717, 1.165) is 44.3 Å². The molecule has 0 aromatic carbocycles. The first-order valence-electron chi connectivity index (χ1n) is 9.84. The van der Waals surface area contributed by atoms with Gasteiger partial charge in [0.25, 0.3) is 0 Å². The Morgan fingerprint density at radius 2 is 1.73 bits per heavy atom. The Kier molecular flexibility index (Phi) is 5.91. The van der Waals surface area contributed by atoms with E-state index in [4.69, 9.17) is 4.52 Å². The van der Waals surface area contributed by atoms with Crippen LogP contribution in [0.1, 0.15) is 83.9 Å². The van der Waals surface area contributed by atoms with Crippen LogP contribution in [-0.2, 0) is 10.0 Å². The van der Waals surface area contributed by atoms with Gasteiger partial charge in [0, 0.05) is 18.5 Å². The van der Waals surface area contributed by atoms with Gasteiger partial charge in [0.1, 0.15) is 0 Å². The normalized spacial score (nSPS) is 25.5. The number of nitrogens with one attached hydrogen (secondary N) is 2. The SMILES string of the molecule is CC(C)(C)S(=O)(=O)NC[C@H]1CC[C@H](Nc2nc(C3CCCC3)no2)CC1. The minimum Gasteiger partial charge on any atom is -0.335 e. The minimum absolute atomic E-state index is 0.322. The molecule has 0 bridgehead atoms. The lowest BCUT2D eigenvalue weighted by Crippen LogP contribution is -2.42. The first-order chi connectivity index (χ1) is 12.2. The molecule has 0 spiro atoms. The maximum Gasteiger partial charge on any atom is 0.321 e. The second kappa shape index (κ2) is 7.84. The Morgan fingerprint density at radius 3 is 2.35 bits per heavy atom. The lowest BCUT2D eigenvalue weighted by molar-refractivity contribution is 0.329. The maximum atomic E-state index is 12.2. The van der Waals surface area contributed by atoms with Gasteiger partial charge in [0.15, 0.2) is 5.82 Å². The summed E-state index contributed by atoms with van der Waals surface area (Å²) < 4.78 is 31.7. The highest BCUT2D eigenvalue weighted by molar-refractivity contribution is 7.90. The maximum absolute atomic E-state index is 12.2. The van der Waals surface area contributed by atoms with E-state index in [9.17, 15) is 8.42 Å². The average molecular weight is 385 g/mol. The number of aromatic nitrogens is 2. The van der Waals surface area contributed by atoms with Crippen LogP contribution in [0.25, 0.3) is 0 Å². The van der Waals surface area contributed by atoms with Crippen LogP contribution in [0.3, 0.4) is 0 Å². The van der Waals surface area contributed by atoms with Crippen LogP contribution >= 0.6 is 0 Å². The van der Waals surface area contributed by atoms with Crippen LogP contribution < -0.4 is 10.0 Å². The van der Waals surface area contributed by atoms with Crippen molar-refractivity contribution in [3.63, 3.8) is 0 Å². The molecule has 1 aromatic heterocycles. The fourth-order valence-corrected chi connectivity index (χ4v) is 4.66. The van der Waals surface area contributed by atoms with Crippen molar-refractivity contribution in [3.05, 3.63) is 5.82 Å². The fraction of sp³-hybridized carbons (Fsp3) is 0.889. The minimum atomic E-state index is -3.26. The average Bonchev–Trinajstić information content (AvgIpc) is 3.24. The summed E-state index contributed by atoms with van der Waals surface area (Å²) in [5, 5.41) is 7.50. The molecule has 3 rings (SSSR count). The summed E-state index contributed by atoms with van der Waals surface area (Å²) in [6.45, 7) is 5.69. The molecule has 0 saturated heterocycles. The van der Waals surface area contributed by atoms with Crippen LogP contribution in [0.15, 0.2) is 4.52 Å². The van der Waals surface area contributed by atoms with Crippen LogP contribution in [0.5, 0.6) is 0 Å². The van der Waals surface area contributed by atoms with E-state index in [1.807, 2.05) is 0 Å². The predicted molar refractivity (Wildman–Crippen MR) is 102 cm³/mol. The van der Waals surface area contributed by atoms with Crippen molar-refractivity contribution in [1.29, 1.82) is 0 Å². The van der Waals surface area contributed by atoms with E-state index in [1.54, 1.807) is 20.8 Å². The summed E-state index contributed by atoms with van der Waals surface area (Å²) in [6.07, 6.45) is 8.80. The number of hydrogen-bond acceptors (Lipinski definition) is 6. The number of anilines is 1. The van der Waals surface area contributed by atoms with E-state index in [1.165, 1.54) is 12.8 Å². The lowest BCUT2D eigenvalue weighted by atomic mass is 9.86. The molecule has 1 heterocycles. The third kappa shape index (κ3) is 4.76. The van der Waals surface area contributed by atoms with E-state index in [-0.39, 0.29) is 0 Å². The highest BCUT2D eigenvalue weighted by atomic mass is 32.2. The lowest BCUT2D eigenvalue weighted by Gasteiger charge is -2.29. The van der Waals surface area contributed by atoms with Gasteiger partial charge in [-0.05, 0) is 65.2 Å². The highest BCUT2D eigenvalue weighted by Gasteiger charge is 2.30. The van der Waals surface area contributed by atoms with Gasteiger partial charge in [-0.25, -0.2) is 13.1 Å². The van der Waals surface area contributed by atoms with Gasteiger partial charge >= 0.3 is 6.01 Å². The van der Waals surface area contributed by atoms with Gasteiger partial charge in [0.2, 0.25) is 10.0 Å². The monoisotopic (exact) mass is 384 g/mol. The van der Waals surface area contributed by atoms with Crippen molar-refractivity contribution in [1.82, 2.24) is 14.9 Å². The topological polar surface area (TPSA) is 97.1 Å². The standard InChI is InChI=1S/C18H32N4O3S/c1-18(2,3)26(23,24)19-12-13-8-10-15(11-9-13)20-17-21-16(22-25-17)14-6-4-5-7-14/h13-15,19H,4-12H2,1-3H3,(H,20,21,22)/t13-,15-. The molecule has 8 heteroatoms. The molecule has 1 aromatic rings. The summed E-state index contributed by atoms with van der Waals surface area (Å²) in [5.41, 5.74) is 0. The van der Waals surface area contributed by atoms with Crippen LogP contribution in [0.4, 0.5) is 6.01 Å². The Labute approximate surface area is 156 Å². The molecule has 7 nitrogen and oxygen atoms in total. The molecule has 0 unspecified atom stereocenters. The summed E-state index contributed by atoms with van der Waals surface area (Å²) in [5.74, 6) is 1.69. The van der Waals surface area contributed by atoms with E-state index >= 15 is 0 Å². The van der Waals surface area contributed by atoms with Crippen molar-refractivity contribution in [2.75, 3.05) is 11.9 Å². The summed E-state index contributed by atoms with van der Waals surface area (Å²) in [6, 6.07) is 0.853. The Morgan fingerprint density at radius 1 is 1.08 bits per heavy atom. The second-order valence-electron chi connectivity index (χ2n) is 8.77. The van der Waals surface area contributed by atoms with E-state index < -0.39 is 14.8 Å². The highest BCUT2D eigenvalue weighted by Crippen LogP contribution is 2.33. The fourth-order valence-electron chi connectivity index (χ4n) is 3.77. The smallest absolute Gasteiger partial charge is 0.321 e.